The molecule has 1 aliphatic carbocycles. The van der Waals surface area contributed by atoms with Gasteiger partial charge >= 0.3 is 0 Å². The van der Waals surface area contributed by atoms with Crippen LogP contribution in [-0.2, 0) is 13.0 Å². The summed E-state index contributed by atoms with van der Waals surface area (Å²) < 4.78 is 5.80. The zero-order chi connectivity index (χ0) is 17.4. The number of aromatic nitrogens is 3. The Hall–Kier alpha value is -2.39. The first-order valence-corrected chi connectivity index (χ1v) is 9.51. The van der Waals surface area contributed by atoms with E-state index in [9.17, 15) is 5.26 Å². The molecule has 0 atom stereocenters. The molecule has 0 radical (unpaired) electrons. The molecule has 25 heavy (non-hydrogen) atoms. The Balaban J connectivity index is 1.61. The van der Waals surface area contributed by atoms with Crippen molar-refractivity contribution >= 4 is 28.5 Å². The highest BCUT2D eigenvalue weighted by atomic mass is 32.2. The summed E-state index contributed by atoms with van der Waals surface area (Å²) in [6.07, 6.45) is 7.34. The predicted molar refractivity (Wildman–Crippen MR) is 102 cm³/mol. The third kappa shape index (κ3) is 3.00. The lowest BCUT2D eigenvalue weighted by atomic mass is 10.1. The fourth-order valence-electron chi connectivity index (χ4n) is 3.21. The van der Waals surface area contributed by atoms with Crippen LogP contribution in [0.1, 0.15) is 36.7 Å². The molecule has 6 heteroatoms. The van der Waals surface area contributed by atoms with Gasteiger partial charge in [0.1, 0.15) is 16.9 Å². The summed E-state index contributed by atoms with van der Waals surface area (Å²) in [5.41, 5.74) is 3.76. The molecule has 0 amide bonds. The standard InChI is InChI=1S/C19H21N5S/c1-3-16-21-10-17(24(16)11-13-5-6-13)25-23-15-7-4-12(2)18-14(8-20)9-22-19(15)18/h4,7,9-10,13,22-23H,3,5-6,11H2,1-2H3. The smallest absolute Gasteiger partial charge is 0.116 e. The predicted octanol–water partition coefficient (Wildman–Crippen LogP) is 4.64. The van der Waals surface area contributed by atoms with Gasteiger partial charge in [-0.2, -0.15) is 5.26 Å². The van der Waals surface area contributed by atoms with Gasteiger partial charge in [-0.05, 0) is 37.3 Å². The number of H-pyrrole nitrogens is 1. The first kappa shape index (κ1) is 16.1. The number of hydrogen-bond donors (Lipinski definition) is 2. The van der Waals surface area contributed by atoms with E-state index in [1.54, 1.807) is 18.1 Å². The Kier molecular flexibility index (Phi) is 4.18. The first-order valence-electron chi connectivity index (χ1n) is 8.69. The van der Waals surface area contributed by atoms with E-state index < -0.39 is 0 Å². The molecule has 0 saturated heterocycles. The van der Waals surface area contributed by atoms with E-state index in [-0.39, 0.29) is 0 Å². The number of imidazole rings is 1. The second-order valence-electron chi connectivity index (χ2n) is 6.62. The highest BCUT2D eigenvalue weighted by molar-refractivity contribution is 8.00. The van der Waals surface area contributed by atoms with E-state index in [2.05, 4.69) is 44.4 Å². The number of hydrogen-bond acceptors (Lipinski definition) is 4. The molecule has 2 heterocycles. The Labute approximate surface area is 151 Å². The van der Waals surface area contributed by atoms with Crippen LogP contribution in [0.3, 0.4) is 0 Å². The van der Waals surface area contributed by atoms with Gasteiger partial charge in [-0.1, -0.05) is 13.0 Å². The molecule has 0 unspecified atom stereocenters. The van der Waals surface area contributed by atoms with Crippen LogP contribution in [0.2, 0.25) is 0 Å². The van der Waals surface area contributed by atoms with Crippen LogP contribution < -0.4 is 4.72 Å². The molecule has 0 spiro atoms. The normalized spacial score (nSPS) is 14.0. The van der Waals surface area contributed by atoms with Gasteiger partial charge in [-0.15, -0.1) is 0 Å². The maximum absolute atomic E-state index is 9.30. The average Bonchev–Trinajstić information content (AvgIpc) is 3.19. The Bertz CT molecular complexity index is 958. The summed E-state index contributed by atoms with van der Waals surface area (Å²) in [4.78, 5) is 7.81. The van der Waals surface area contributed by atoms with Crippen molar-refractivity contribution in [2.45, 2.75) is 44.7 Å². The molecule has 1 fully saturated rings. The maximum atomic E-state index is 9.30. The lowest BCUT2D eigenvalue weighted by Gasteiger charge is -2.12. The molecule has 5 nitrogen and oxygen atoms in total. The minimum atomic E-state index is 0.688. The van der Waals surface area contributed by atoms with Gasteiger partial charge in [0, 0.05) is 36.5 Å². The lowest BCUT2D eigenvalue weighted by Crippen LogP contribution is -2.06. The third-order valence-electron chi connectivity index (χ3n) is 4.79. The third-order valence-corrected chi connectivity index (χ3v) is 5.64. The largest absolute Gasteiger partial charge is 0.358 e. The summed E-state index contributed by atoms with van der Waals surface area (Å²) in [6, 6.07) is 6.38. The number of fused-ring (bicyclic) bond motifs is 1. The fourth-order valence-corrected chi connectivity index (χ4v) is 3.99. The van der Waals surface area contributed by atoms with Crippen molar-refractivity contribution in [2.24, 2.45) is 5.92 Å². The van der Waals surface area contributed by atoms with E-state index in [0.717, 1.165) is 51.9 Å². The SMILES string of the molecule is CCc1ncc(SNc2ccc(C)c3c(C#N)c[nH]c23)n1CC1CC1. The summed E-state index contributed by atoms with van der Waals surface area (Å²) >= 11 is 1.59. The molecule has 128 valence electrons. The molecule has 2 N–H and O–H groups in total. The van der Waals surface area contributed by atoms with Gasteiger partial charge in [-0.25, -0.2) is 4.98 Å². The van der Waals surface area contributed by atoms with Gasteiger partial charge in [-0.3, -0.25) is 0 Å². The Morgan fingerprint density at radius 3 is 3.00 bits per heavy atom. The van der Waals surface area contributed by atoms with E-state index in [1.165, 1.54) is 12.8 Å². The van der Waals surface area contributed by atoms with Gasteiger partial charge in [0.15, 0.2) is 0 Å². The summed E-state index contributed by atoms with van der Waals surface area (Å²) in [5, 5.41) is 11.4. The number of aromatic amines is 1. The molecule has 0 aliphatic heterocycles. The van der Waals surface area contributed by atoms with Crippen LogP contribution in [0.4, 0.5) is 5.69 Å². The van der Waals surface area contributed by atoms with Gasteiger partial charge in [0.25, 0.3) is 0 Å². The summed E-state index contributed by atoms with van der Waals surface area (Å²) in [6.45, 7) is 5.25. The zero-order valence-corrected chi connectivity index (χ0v) is 15.3. The van der Waals surface area contributed by atoms with Gasteiger partial charge < -0.3 is 14.3 Å². The van der Waals surface area contributed by atoms with Crippen LogP contribution >= 0.6 is 11.9 Å². The fraction of sp³-hybridized carbons (Fsp3) is 0.368. The second kappa shape index (κ2) is 6.49. The van der Waals surface area contributed by atoms with E-state index >= 15 is 0 Å². The van der Waals surface area contributed by atoms with E-state index in [1.807, 2.05) is 13.1 Å². The van der Waals surface area contributed by atoms with Gasteiger partial charge in [0.2, 0.25) is 0 Å². The first-order chi connectivity index (χ1) is 12.2. The minimum Gasteiger partial charge on any atom is -0.358 e. The second-order valence-corrected chi connectivity index (χ2v) is 7.45. The van der Waals surface area contributed by atoms with E-state index in [4.69, 9.17) is 0 Å². The van der Waals surface area contributed by atoms with Crippen LogP contribution in [0.5, 0.6) is 0 Å². The molecule has 0 bridgehead atoms. The van der Waals surface area contributed by atoms with Crippen molar-refractivity contribution in [1.29, 1.82) is 5.26 Å². The highest BCUT2D eigenvalue weighted by Crippen LogP contribution is 2.35. The number of nitriles is 1. The molecule has 4 rings (SSSR count). The van der Waals surface area contributed by atoms with Crippen molar-refractivity contribution in [3.63, 3.8) is 0 Å². The number of rotatable bonds is 6. The van der Waals surface area contributed by atoms with Gasteiger partial charge in [0.05, 0.1) is 23.0 Å². The number of nitrogens with one attached hydrogen (secondary N) is 2. The Morgan fingerprint density at radius 2 is 2.28 bits per heavy atom. The monoisotopic (exact) mass is 351 g/mol. The number of anilines is 1. The quantitative estimate of drug-likeness (QED) is 0.635. The number of aryl methyl sites for hydroxylation is 2. The molecule has 3 aromatic rings. The van der Waals surface area contributed by atoms with Crippen LogP contribution in [-0.4, -0.2) is 14.5 Å². The summed E-state index contributed by atoms with van der Waals surface area (Å²) in [7, 11) is 0. The van der Waals surface area contributed by atoms with Crippen LogP contribution in [0.15, 0.2) is 29.6 Å². The molecule has 1 aliphatic rings. The number of benzene rings is 1. The topological polar surface area (TPSA) is 69.4 Å². The molecule has 2 aromatic heterocycles. The van der Waals surface area contributed by atoms with Crippen molar-refractivity contribution in [3.05, 3.63) is 41.5 Å². The Morgan fingerprint density at radius 1 is 1.44 bits per heavy atom. The molecule has 1 aromatic carbocycles. The molecule has 1 saturated carbocycles. The minimum absolute atomic E-state index is 0.688. The average molecular weight is 351 g/mol. The van der Waals surface area contributed by atoms with Crippen molar-refractivity contribution < 1.29 is 0 Å². The highest BCUT2D eigenvalue weighted by Gasteiger charge is 2.24. The van der Waals surface area contributed by atoms with Crippen LogP contribution in [0.25, 0.3) is 10.9 Å². The van der Waals surface area contributed by atoms with Crippen molar-refractivity contribution in [1.82, 2.24) is 14.5 Å². The molecular weight excluding hydrogens is 330 g/mol. The van der Waals surface area contributed by atoms with Crippen LogP contribution in [0, 0.1) is 24.2 Å². The van der Waals surface area contributed by atoms with Crippen molar-refractivity contribution in [3.8, 4) is 6.07 Å². The zero-order valence-electron chi connectivity index (χ0n) is 14.5. The van der Waals surface area contributed by atoms with Crippen molar-refractivity contribution in [2.75, 3.05) is 4.72 Å². The van der Waals surface area contributed by atoms with E-state index in [0.29, 0.717) is 5.56 Å². The number of nitrogens with zero attached hydrogens (tertiary/aromatic N) is 3. The maximum Gasteiger partial charge on any atom is 0.116 e. The summed E-state index contributed by atoms with van der Waals surface area (Å²) in [5.74, 6) is 1.96. The lowest BCUT2D eigenvalue weighted by molar-refractivity contribution is 0.564. The molecular formula is C19H21N5S.